The van der Waals surface area contributed by atoms with Crippen LogP contribution in [0, 0.1) is 0 Å². The molecular formula is C14H27N5. The van der Waals surface area contributed by atoms with Crippen LogP contribution >= 0.6 is 0 Å². The zero-order valence-electron chi connectivity index (χ0n) is 12.2. The third-order valence-corrected chi connectivity index (χ3v) is 2.93. The van der Waals surface area contributed by atoms with Crippen LogP contribution in [0.1, 0.15) is 39.0 Å². The molecule has 5 nitrogen and oxygen atoms in total. The minimum absolute atomic E-state index is 0.690. The first-order valence-electron chi connectivity index (χ1n) is 7.32. The van der Waals surface area contributed by atoms with Gasteiger partial charge < -0.3 is 16.0 Å². The lowest BCUT2D eigenvalue weighted by Crippen LogP contribution is -2.19. The number of aromatic nitrogens is 2. The molecule has 0 aromatic carbocycles. The Morgan fingerprint density at radius 2 is 1.89 bits per heavy atom. The van der Waals surface area contributed by atoms with Crippen LogP contribution in [0.2, 0.25) is 0 Å². The van der Waals surface area contributed by atoms with Crippen LogP contribution in [-0.2, 0) is 0 Å². The molecule has 1 rings (SSSR count). The quantitative estimate of drug-likeness (QED) is 0.537. The van der Waals surface area contributed by atoms with E-state index < -0.39 is 0 Å². The number of rotatable bonds is 11. The normalized spacial score (nSPS) is 10.4. The third-order valence-electron chi connectivity index (χ3n) is 2.93. The van der Waals surface area contributed by atoms with Gasteiger partial charge in [0.25, 0.3) is 0 Å². The Balaban J connectivity index is 1.98. The molecule has 1 aromatic rings. The summed E-state index contributed by atoms with van der Waals surface area (Å²) in [7, 11) is 1.86. The first-order chi connectivity index (χ1) is 9.36. The summed E-state index contributed by atoms with van der Waals surface area (Å²) < 4.78 is 0. The standard InChI is InChI=1S/C14H27N5/c1-3-4-5-6-9-16-10-7-11-17-14-18-12-8-13(15-2)19-14/h8,12,16H,3-7,9-11H2,1-2H3,(H2,15,17,18,19). The van der Waals surface area contributed by atoms with Crippen molar-refractivity contribution in [2.45, 2.75) is 39.0 Å². The van der Waals surface area contributed by atoms with Crippen molar-refractivity contribution in [3.8, 4) is 0 Å². The van der Waals surface area contributed by atoms with Crippen LogP contribution in [0.4, 0.5) is 11.8 Å². The minimum Gasteiger partial charge on any atom is -0.373 e. The number of hydrogen-bond donors (Lipinski definition) is 3. The van der Waals surface area contributed by atoms with Gasteiger partial charge in [0.2, 0.25) is 5.95 Å². The second kappa shape index (κ2) is 10.6. The molecule has 0 aliphatic heterocycles. The minimum atomic E-state index is 0.690. The summed E-state index contributed by atoms with van der Waals surface area (Å²) in [6, 6.07) is 1.85. The average Bonchev–Trinajstić information content (AvgIpc) is 2.46. The van der Waals surface area contributed by atoms with Crippen LogP contribution < -0.4 is 16.0 Å². The molecule has 5 heteroatoms. The maximum absolute atomic E-state index is 4.31. The summed E-state index contributed by atoms with van der Waals surface area (Å²) >= 11 is 0. The van der Waals surface area contributed by atoms with Crippen LogP contribution in [0.5, 0.6) is 0 Å². The monoisotopic (exact) mass is 265 g/mol. The topological polar surface area (TPSA) is 61.9 Å². The van der Waals surface area contributed by atoms with Crippen molar-refractivity contribution < 1.29 is 0 Å². The molecule has 19 heavy (non-hydrogen) atoms. The Kier molecular flexibility index (Phi) is 8.72. The van der Waals surface area contributed by atoms with Gasteiger partial charge in [0.05, 0.1) is 0 Å². The number of unbranched alkanes of at least 4 members (excludes halogenated alkanes) is 3. The number of nitrogens with zero attached hydrogens (tertiary/aromatic N) is 2. The summed E-state index contributed by atoms with van der Waals surface area (Å²) in [5.74, 6) is 1.53. The first-order valence-corrected chi connectivity index (χ1v) is 7.32. The Morgan fingerprint density at radius 3 is 2.68 bits per heavy atom. The van der Waals surface area contributed by atoms with Crippen molar-refractivity contribution in [1.29, 1.82) is 0 Å². The fourth-order valence-electron chi connectivity index (χ4n) is 1.80. The van der Waals surface area contributed by atoms with Crippen LogP contribution in [0.15, 0.2) is 12.3 Å². The molecule has 1 heterocycles. The van der Waals surface area contributed by atoms with Crippen LogP contribution in [0.3, 0.4) is 0 Å². The number of nitrogens with one attached hydrogen (secondary N) is 3. The van der Waals surface area contributed by atoms with Crippen LogP contribution in [-0.4, -0.2) is 36.6 Å². The van der Waals surface area contributed by atoms with E-state index in [1.54, 1.807) is 6.20 Å². The molecule has 0 aliphatic rings. The summed E-state index contributed by atoms with van der Waals surface area (Å²) in [6.45, 7) is 5.32. The van der Waals surface area contributed by atoms with E-state index in [1.165, 1.54) is 25.7 Å². The van der Waals surface area contributed by atoms with E-state index in [1.807, 2.05) is 13.1 Å². The molecule has 108 valence electrons. The SMILES string of the molecule is CCCCCCNCCCNc1nccc(NC)n1. The smallest absolute Gasteiger partial charge is 0.224 e. The van der Waals surface area contributed by atoms with Gasteiger partial charge in [-0.05, 0) is 32.0 Å². The van der Waals surface area contributed by atoms with Gasteiger partial charge >= 0.3 is 0 Å². The van der Waals surface area contributed by atoms with Crippen molar-refractivity contribution in [2.24, 2.45) is 0 Å². The molecule has 0 saturated heterocycles. The highest BCUT2D eigenvalue weighted by atomic mass is 15.1. The van der Waals surface area contributed by atoms with Gasteiger partial charge in [0.1, 0.15) is 5.82 Å². The van der Waals surface area contributed by atoms with Crippen molar-refractivity contribution in [2.75, 3.05) is 37.3 Å². The van der Waals surface area contributed by atoms with Gasteiger partial charge in [-0.3, -0.25) is 0 Å². The molecule has 0 atom stereocenters. The first kappa shape index (κ1) is 15.7. The van der Waals surface area contributed by atoms with Crippen molar-refractivity contribution in [3.05, 3.63) is 12.3 Å². The molecule has 0 amide bonds. The van der Waals surface area contributed by atoms with Crippen LogP contribution in [0.25, 0.3) is 0 Å². The summed E-state index contributed by atoms with van der Waals surface area (Å²) in [6.07, 6.45) is 8.12. The maximum atomic E-state index is 4.31. The third kappa shape index (κ3) is 7.62. The second-order valence-electron chi connectivity index (χ2n) is 4.61. The van der Waals surface area contributed by atoms with Crippen molar-refractivity contribution in [1.82, 2.24) is 15.3 Å². The van der Waals surface area contributed by atoms with E-state index in [-0.39, 0.29) is 0 Å². The molecule has 1 aromatic heterocycles. The fourth-order valence-corrected chi connectivity index (χ4v) is 1.80. The largest absolute Gasteiger partial charge is 0.373 e. The van der Waals surface area contributed by atoms with E-state index in [2.05, 4.69) is 32.8 Å². The second-order valence-corrected chi connectivity index (χ2v) is 4.61. The van der Waals surface area contributed by atoms with E-state index in [0.717, 1.165) is 31.9 Å². The lowest BCUT2D eigenvalue weighted by Gasteiger charge is -2.07. The summed E-state index contributed by atoms with van der Waals surface area (Å²) in [5, 5.41) is 9.69. The fraction of sp³-hybridized carbons (Fsp3) is 0.714. The van der Waals surface area contributed by atoms with E-state index >= 15 is 0 Å². The highest BCUT2D eigenvalue weighted by Gasteiger charge is 1.96. The molecule has 0 radical (unpaired) electrons. The van der Waals surface area contributed by atoms with Gasteiger partial charge in [0.15, 0.2) is 0 Å². The number of anilines is 2. The molecule has 0 fully saturated rings. The highest BCUT2D eigenvalue weighted by molar-refractivity contribution is 5.38. The highest BCUT2D eigenvalue weighted by Crippen LogP contribution is 2.03. The van der Waals surface area contributed by atoms with E-state index in [4.69, 9.17) is 0 Å². The molecule has 3 N–H and O–H groups in total. The molecule has 0 unspecified atom stereocenters. The maximum Gasteiger partial charge on any atom is 0.224 e. The van der Waals surface area contributed by atoms with Gasteiger partial charge in [-0.25, -0.2) is 4.98 Å². The molecule has 0 bridgehead atoms. The Morgan fingerprint density at radius 1 is 1.05 bits per heavy atom. The molecule has 0 saturated carbocycles. The lowest BCUT2D eigenvalue weighted by atomic mass is 10.2. The predicted octanol–water partition coefficient (Wildman–Crippen LogP) is 2.49. The number of hydrogen-bond acceptors (Lipinski definition) is 5. The van der Waals surface area contributed by atoms with Crippen molar-refractivity contribution in [3.63, 3.8) is 0 Å². The Labute approximate surface area is 116 Å². The lowest BCUT2D eigenvalue weighted by molar-refractivity contribution is 0.590. The zero-order valence-corrected chi connectivity index (χ0v) is 12.2. The van der Waals surface area contributed by atoms with Gasteiger partial charge in [-0.1, -0.05) is 26.2 Å². The Bertz CT molecular complexity index is 329. The summed E-state index contributed by atoms with van der Waals surface area (Å²) in [4.78, 5) is 8.48. The van der Waals surface area contributed by atoms with Gasteiger partial charge in [-0.2, -0.15) is 4.98 Å². The zero-order chi connectivity index (χ0) is 13.8. The molecule has 0 aliphatic carbocycles. The van der Waals surface area contributed by atoms with E-state index in [9.17, 15) is 0 Å². The predicted molar refractivity (Wildman–Crippen MR) is 81.7 cm³/mol. The van der Waals surface area contributed by atoms with E-state index in [0.29, 0.717) is 5.95 Å². The summed E-state index contributed by atoms with van der Waals surface area (Å²) in [5.41, 5.74) is 0. The Hall–Kier alpha value is -1.36. The molecular weight excluding hydrogens is 238 g/mol. The molecule has 0 spiro atoms. The van der Waals surface area contributed by atoms with Crippen molar-refractivity contribution >= 4 is 11.8 Å². The van der Waals surface area contributed by atoms with Gasteiger partial charge in [0, 0.05) is 19.8 Å². The average molecular weight is 265 g/mol. The van der Waals surface area contributed by atoms with Gasteiger partial charge in [-0.15, -0.1) is 0 Å².